The first-order valence-corrected chi connectivity index (χ1v) is 9.63. The second-order valence-corrected chi connectivity index (χ2v) is 6.86. The van der Waals surface area contributed by atoms with E-state index < -0.39 is 0 Å². The lowest BCUT2D eigenvalue weighted by atomic mass is 10.00. The van der Waals surface area contributed by atoms with E-state index in [1.807, 2.05) is 60.7 Å². The van der Waals surface area contributed by atoms with Gasteiger partial charge in [-0.15, -0.1) is 0 Å². The number of benzene rings is 2. The van der Waals surface area contributed by atoms with Gasteiger partial charge in [-0.1, -0.05) is 60.7 Å². The van der Waals surface area contributed by atoms with Crippen LogP contribution in [0.3, 0.4) is 0 Å². The monoisotopic (exact) mass is 407 g/mol. The number of nitrogens with zero attached hydrogens (tertiary/aromatic N) is 3. The number of rotatable bonds is 4. The zero-order valence-corrected chi connectivity index (χ0v) is 16.3. The minimum Gasteiger partial charge on any atom is -0.437 e. The van der Waals surface area contributed by atoms with Gasteiger partial charge in [0.05, 0.1) is 10.9 Å². The SMILES string of the molecule is N=c1c2c(-c3ccccc3)c(-c3ccccc3)oc2ncn1NC(=O)c1cccnc1. The highest BCUT2D eigenvalue weighted by atomic mass is 16.3. The summed E-state index contributed by atoms with van der Waals surface area (Å²) < 4.78 is 7.38. The number of nitrogens with one attached hydrogen (secondary N) is 2. The molecule has 0 radical (unpaired) electrons. The van der Waals surface area contributed by atoms with Crippen LogP contribution in [0, 0.1) is 5.41 Å². The Morgan fingerprint density at radius 3 is 2.32 bits per heavy atom. The second kappa shape index (κ2) is 7.72. The van der Waals surface area contributed by atoms with Gasteiger partial charge in [0, 0.05) is 23.5 Å². The molecule has 3 aromatic heterocycles. The highest BCUT2D eigenvalue weighted by Crippen LogP contribution is 2.38. The largest absolute Gasteiger partial charge is 0.437 e. The summed E-state index contributed by atoms with van der Waals surface area (Å²) in [5.74, 6) is 0.236. The molecule has 1 amide bonds. The van der Waals surface area contributed by atoms with E-state index >= 15 is 0 Å². The van der Waals surface area contributed by atoms with Gasteiger partial charge in [0.1, 0.15) is 12.1 Å². The van der Waals surface area contributed by atoms with E-state index in [1.165, 1.54) is 17.2 Å². The molecule has 5 aromatic rings. The first kappa shape index (κ1) is 18.5. The second-order valence-electron chi connectivity index (χ2n) is 6.86. The first-order chi connectivity index (χ1) is 15.2. The molecule has 2 aromatic carbocycles. The maximum absolute atomic E-state index is 12.6. The van der Waals surface area contributed by atoms with Crippen LogP contribution in [0.15, 0.2) is 95.9 Å². The third-order valence-corrected chi connectivity index (χ3v) is 4.90. The minimum atomic E-state index is -0.388. The Hall–Kier alpha value is -4.52. The predicted molar refractivity (Wildman–Crippen MR) is 117 cm³/mol. The molecule has 0 unspecified atom stereocenters. The minimum absolute atomic E-state index is 0.0621. The number of amides is 1. The van der Waals surface area contributed by atoms with E-state index in [1.54, 1.807) is 18.3 Å². The van der Waals surface area contributed by atoms with Crippen molar-refractivity contribution in [3.63, 3.8) is 0 Å². The highest BCUT2D eigenvalue weighted by Gasteiger charge is 2.21. The van der Waals surface area contributed by atoms with Crippen molar-refractivity contribution in [1.82, 2.24) is 14.6 Å². The number of hydrogen-bond donors (Lipinski definition) is 2. The van der Waals surface area contributed by atoms with Gasteiger partial charge in [-0.25, -0.2) is 9.66 Å². The van der Waals surface area contributed by atoms with Crippen LogP contribution in [0.4, 0.5) is 0 Å². The number of carbonyl (C=O) groups excluding carboxylic acids is 1. The predicted octanol–water partition coefficient (Wildman–Crippen LogP) is 4.22. The summed E-state index contributed by atoms with van der Waals surface area (Å²) in [6.07, 6.45) is 4.42. The lowest BCUT2D eigenvalue weighted by Gasteiger charge is -2.09. The van der Waals surface area contributed by atoms with Crippen molar-refractivity contribution in [3.05, 3.63) is 103 Å². The van der Waals surface area contributed by atoms with Gasteiger partial charge in [0.15, 0.2) is 5.49 Å². The fraction of sp³-hybridized carbons (Fsp3) is 0. The van der Waals surface area contributed by atoms with Crippen LogP contribution in [-0.2, 0) is 0 Å². The van der Waals surface area contributed by atoms with Gasteiger partial charge in [0.25, 0.3) is 5.91 Å². The number of fused-ring (bicyclic) bond motifs is 1. The van der Waals surface area contributed by atoms with Gasteiger partial charge < -0.3 is 4.42 Å². The van der Waals surface area contributed by atoms with Gasteiger partial charge in [-0.2, -0.15) is 0 Å². The molecule has 0 saturated carbocycles. The average Bonchev–Trinajstić information content (AvgIpc) is 3.23. The average molecular weight is 407 g/mol. The summed E-state index contributed by atoms with van der Waals surface area (Å²) in [4.78, 5) is 20.9. The van der Waals surface area contributed by atoms with Crippen LogP contribution in [-0.4, -0.2) is 20.6 Å². The third-order valence-electron chi connectivity index (χ3n) is 4.90. The molecule has 7 nitrogen and oxygen atoms in total. The lowest BCUT2D eigenvalue weighted by Crippen LogP contribution is -2.33. The van der Waals surface area contributed by atoms with Gasteiger partial charge >= 0.3 is 0 Å². The van der Waals surface area contributed by atoms with Crippen molar-refractivity contribution in [2.24, 2.45) is 0 Å². The van der Waals surface area contributed by atoms with E-state index in [2.05, 4.69) is 15.4 Å². The molecule has 0 saturated heterocycles. The van der Waals surface area contributed by atoms with E-state index in [0.717, 1.165) is 16.7 Å². The van der Waals surface area contributed by atoms with Gasteiger partial charge in [-0.05, 0) is 17.7 Å². The van der Waals surface area contributed by atoms with Crippen LogP contribution in [0.25, 0.3) is 33.6 Å². The molecule has 0 bridgehead atoms. The van der Waals surface area contributed by atoms with E-state index in [9.17, 15) is 4.79 Å². The van der Waals surface area contributed by atoms with E-state index in [0.29, 0.717) is 22.4 Å². The molecule has 0 spiro atoms. The Labute approximate surface area is 177 Å². The molecule has 3 heterocycles. The van der Waals surface area contributed by atoms with Crippen molar-refractivity contribution in [3.8, 4) is 22.5 Å². The summed E-state index contributed by atoms with van der Waals surface area (Å²) in [5, 5.41) is 9.31. The summed E-state index contributed by atoms with van der Waals surface area (Å²) in [6, 6.07) is 22.7. The molecule has 0 atom stereocenters. The van der Waals surface area contributed by atoms with Crippen molar-refractivity contribution in [2.75, 3.05) is 5.43 Å². The molecule has 31 heavy (non-hydrogen) atoms. The molecule has 0 aliphatic heterocycles. The molecule has 7 heteroatoms. The molecular weight excluding hydrogens is 390 g/mol. The Kier molecular flexibility index (Phi) is 4.61. The number of hydrogen-bond acceptors (Lipinski definition) is 5. The fourth-order valence-electron chi connectivity index (χ4n) is 3.45. The molecule has 0 fully saturated rings. The maximum atomic E-state index is 12.6. The Balaban J connectivity index is 1.70. The lowest BCUT2D eigenvalue weighted by molar-refractivity contribution is 0.101. The molecular formula is C24H17N5O2. The Morgan fingerprint density at radius 1 is 0.935 bits per heavy atom. The molecule has 2 N–H and O–H groups in total. The van der Waals surface area contributed by atoms with Crippen LogP contribution in [0.2, 0.25) is 0 Å². The van der Waals surface area contributed by atoms with E-state index in [4.69, 9.17) is 9.83 Å². The first-order valence-electron chi connectivity index (χ1n) is 9.63. The third kappa shape index (κ3) is 3.38. The quantitative estimate of drug-likeness (QED) is 0.466. The Morgan fingerprint density at radius 2 is 1.65 bits per heavy atom. The number of furan rings is 1. The zero-order chi connectivity index (χ0) is 21.2. The van der Waals surface area contributed by atoms with Crippen molar-refractivity contribution in [2.45, 2.75) is 0 Å². The topological polar surface area (TPSA) is 96.8 Å². The van der Waals surface area contributed by atoms with Crippen LogP contribution in [0.1, 0.15) is 10.4 Å². The van der Waals surface area contributed by atoms with Crippen LogP contribution >= 0.6 is 0 Å². The van der Waals surface area contributed by atoms with Crippen LogP contribution in [0.5, 0.6) is 0 Å². The van der Waals surface area contributed by atoms with Gasteiger partial charge in [0.2, 0.25) is 5.71 Å². The Bertz CT molecular complexity index is 1430. The zero-order valence-electron chi connectivity index (χ0n) is 16.3. The van der Waals surface area contributed by atoms with Crippen molar-refractivity contribution < 1.29 is 9.21 Å². The van der Waals surface area contributed by atoms with E-state index in [-0.39, 0.29) is 11.4 Å². The molecule has 5 rings (SSSR count). The fourth-order valence-corrected chi connectivity index (χ4v) is 3.45. The summed E-state index contributed by atoms with van der Waals surface area (Å²) in [6.45, 7) is 0. The molecule has 0 aliphatic carbocycles. The standard InChI is InChI=1S/C24H17N5O2/c25-22-20-19(16-8-3-1-4-9-16)21(17-10-5-2-6-11-17)31-24(20)27-15-29(22)28-23(30)18-12-7-13-26-14-18/h1-15,25H,(H,28,30). The summed E-state index contributed by atoms with van der Waals surface area (Å²) in [7, 11) is 0. The van der Waals surface area contributed by atoms with Crippen molar-refractivity contribution in [1.29, 1.82) is 5.41 Å². The number of pyridine rings is 1. The molecule has 0 aliphatic rings. The number of aromatic nitrogens is 3. The number of carbonyl (C=O) groups is 1. The summed E-state index contributed by atoms with van der Waals surface area (Å²) >= 11 is 0. The van der Waals surface area contributed by atoms with Crippen molar-refractivity contribution >= 4 is 17.0 Å². The molecule has 150 valence electrons. The van der Waals surface area contributed by atoms with Gasteiger partial charge in [-0.3, -0.25) is 20.6 Å². The highest BCUT2D eigenvalue weighted by molar-refractivity contribution is 6.01. The summed E-state index contributed by atoms with van der Waals surface area (Å²) in [5.41, 5.74) is 6.00. The smallest absolute Gasteiger partial charge is 0.271 e. The van der Waals surface area contributed by atoms with Crippen LogP contribution < -0.4 is 10.9 Å². The maximum Gasteiger partial charge on any atom is 0.271 e. The normalized spacial score (nSPS) is 10.8.